The van der Waals surface area contributed by atoms with E-state index in [0.717, 1.165) is 37.8 Å². The summed E-state index contributed by atoms with van der Waals surface area (Å²) in [7, 11) is 4.05. The second-order valence-electron chi connectivity index (χ2n) is 11.5. The number of ether oxygens (including phenoxy) is 5. The van der Waals surface area contributed by atoms with E-state index in [9.17, 15) is 19.5 Å². The number of halogens is 3. The first-order valence-electron chi connectivity index (χ1n) is 14.4. The zero-order valence-corrected chi connectivity index (χ0v) is 32.7. The summed E-state index contributed by atoms with van der Waals surface area (Å²) in [5.41, 5.74) is 4.77. The van der Waals surface area contributed by atoms with E-state index in [1.807, 2.05) is 33.8 Å². The second-order valence-corrected chi connectivity index (χ2v) is 14.0. The summed E-state index contributed by atoms with van der Waals surface area (Å²) >= 11 is 9.94. The lowest BCUT2D eigenvalue weighted by atomic mass is 10.0. The zero-order valence-electron chi connectivity index (χ0n) is 27.9. The van der Waals surface area contributed by atoms with Gasteiger partial charge in [0.05, 0.1) is 51.4 Å². The van der Waals surface area contributed by atoms with Crippen molar-refractivity contribution in [2.24, 2.45) is 0 Å². The Labute approximate surface area is 306 Å². The van der Waals surface area contributed by atoms with Crippen LogP contribution in [0.15, 0.2) is 80.2 Å². The summed E-state index contributed by atoms with van der Waals surface area (Å²) in [6, 6.07) is 11.7. The van der Waals surface area contributed by atoms with Crippen molar-refractivity contribution in [1.82, 2.24) is 0 Å². The molecule has 0 amide bonds. The lowest BCUT2D eigenvalue weighted by molar-refractivity contribution is 0.0591. The first kappa shape index (κ1) is 40.6. The maximum atomic E-state index is 11.4. The Bertz CT molecular complexity index is 1700. The first-order chi connectivity index (χ1) is 22.4. The number of phenolic OH excluding ortho intramolecular Hbond substituents is 1. The number of allylic oxidation sites excluding steroid dienone is 1. The Morgan fingerprint density at radius 2 is 1.31 bits per heavy atom. The Hall–Kier alpha value is -3.61. The molecule has 3 aromatic rings. The lowest BCUT2D eigenvalue weighted by Crippen LogP contribution is -2.24. The number of rotatable bonds is 8. The molecule has 3 aromatic carbocycles. The Morgan fingerprint density at radius 1 is 0.792 bits per heavy atom. The highest BCUT2D eigenvalue weighted by Gasteiger charge is 2.32. The van der Waals surface area contributed by atoms with Gasteiger partial charge in [0.1, 0.15) is 29.5 Å². The van der Waals surface area contributed by atoms with Crippen LogP contribution in [0.25, 0.3) is 0 Å². The third kappa shape index (κ3) is 11.8. The quantitative estimate of drug-likeness (QED) is 0.135. The molecule has 0 fully saturated rings. The van der Waals surface area contributed by atoms with Crippen LogP contribution in [-0.2, 0) is 27.1 Å². The fourth-order valence-electron chi connectivity index (χ4n) is 4.32. The minimum atomic E-state index is -0.427. The molecule has 0 saturated carbocycles. The van der Waals surface area contributed by atoms with Gasteiger partial charge in [0, 0.05) is 12.0 Å². The second kappa shape index (κ2) is 18.2. The number of methoxy groups -OCH3 is 3. The molecule has 1 N–H and O–H groups in total. The lowest BCUT2D eigenvalue weighted by Gasteiger charge is -2.17. The number of benzene rings is 3. The van der Waals surface area contributed by atoms with E-state index >= 15 is 0 Å². The minimum absolute atomic E-state index is 0.135. The zero-order chi connectivity index (χ0) is 36.3. The standard InChI is InChI=1S/3C12H13BrO3/c1-12(2)6-8-4-7(11(14)15-3)5-9(13)10(8)16-12;1-7(2)4-8-5-9(12(15)16-3)6-10(13)11(8)14;1-8(2)7-16-11-5-4-9(6-10(11)13)12(14)15-3/h4-5H,6H2,1-3H3;5-6,14H,1,4H2,2-3H3;4-6H,1,7H2,2-3H3. The van der Waals surface area contributed by atoms with Crippen LogP contribution in [0.3, 0.4) is 0 Å². The number of phenols is 1. The number of aromatic hydroxyl groups is 1. The van der Waals surface area contributed by atoms with E-state index in [1.54, 1.807) is 30.3 Å². The van der Waals surface area contributed by atoms with Gasteiger partial charge < -0.3 is 28.8 Å². The van der Waals surface area contributed by atoms with Crippen LogP contribution in [-0.4, -0.2) is 56.6 Å². The van der Waals surface area contributed by atoms with Crippen LogP contribution in [0.4, 0.5) is 0 Å². The fraction of sp³-hybridized carbons (Fsp3) is 0.306. The fourth-order valence-corrected chi connectivity index (χ4v) is 5.89. The van der Waals surface area contributed by atoms with Gasteiger partial charge in [-0.15, -0.1) is 0 Å². The van der Waals surface area contributed by atoms with Crippen LogP contribution in [0.5, 0.6) is 17.2 Å². The van der Waals surface area contributed by atoms with Crippen molar-refractivity contribution < 1.29 is 43.2 Å². The molecule has 0 aliphatic carbocycles. The van der Waals surface area contributed by atoms with Crippen LogP contribution in [0, 0.1) is 0 Å². The summed E-state index contributed by atoms with van der Waals surface area (Å²) in [5, 5.41) is 9.79. The van der Waals surface area contributed by atoms with Crippen LogP contribution >= 0.6 is 47.8 Å². The van der Waals surface area contributed by atoms with Crippen molar-refractivity contribution in [2.75, 3.05) is 27.9 Å². The van der Waals surface area contributed by atoms with Crippen molar-refractivity contribution >= 4 is 65.7 Å². The monoisotopic (exact) mass is 852 g/mol. The van der Waals surface area contributed by atoms with Crippen LogP contribution in [0.2, 0.25) is 0 Å². The SMILES string of the molecule is C=C(C)COc1ccc(C(=O)OC)cc1Br.C=C(C)Cc1cc(C(=O)OC)cc(Br)c1O.COC(=O)c1cc(Br)c2c(c1)CC(C)(C)O2. The van der Waals surface area contributed by atoms with E-state index in [4.69, 9.17) is 14.2 Å². The van der Waals surface area contributed by atoms with E-state index < -0.39 is 5.97 Å². The van der Waals surface area contributed by atoms with Crippen molar-refractivity contribution in [3.63, 3.8) is 0 Å². The largest absolute Gasteiger partial charge is 0.506 e. The van der Waals surface area contributed by atoms with Gasteiger partial charge in [0.15, 0.2) is 0 Å². The van der Waals surface area contributed by atoms with E-state index in [-0.39, 0.29) is 23.3 Å². The number of hydrogen-bond acceptors (Lipinski definition) is 9. The topological polar surface area (TPSA) is 118 Å². The normalized spacial score (nSPS) is 12.0. The van der Waals surface area contributed by atoms with Gasteiger partial charge in [-0.3, -0.25) is 0 Å². The highest BCUT2D eigenvalue weighted by Crippen LogP contribution is 2.41. The number of hydrogen-bond donors (Lipinski definition) is 1. The molecule has 1 aliphatic heterocycles. The first-order valence-corrected chi connectivity index (χ1v) is 16.8. The predicted octanol–water partition coefficient (Wildman–Crippen LogP) is 9.20. The van der Waals surface area contributed by atoms with Gasteiger partial charge in [0.25, 0.3) is 0 Å². The predicted molar refractivity (Wildman–Crippen MR) is 195 cm³/mol. The number of esters is 3. The number of carbonyl (C=O) groups is 3. The smallest absolute Gasteiger partial charge is 0.337 e. The summed E-state index contributed by atoms with van der Waals surface area (Å²) in [5.74, 6) is 0.521. The molecule has 48 heavy (non-hydrogen) atoms. The molecule has 0 aromatic heterocycles. The summed E-state index contributed by atoms with van der Waals surface area (Å²) in [4.78, 5) is 34.1. The number of fused-ring (bicyclic) bond motifs is 1. The average Bonchev–Trinajstić information content (AvgIpc) is 3.36. The Morgan fingerprint density at radius 3 is 1.83 bits per heavy atom. The van der Waals surface area contributed by atoms with E-state index in [2.05, 4.69) is 70.4 Å². The molecular weight excluding hydrogens is 816 g/mol. The van der Waals surface area contributed by atoms with Crippen molar-refractivity contribution in [1.29, 1.82) is 0 Å². The molecular formula is C36H39Br3O9. The molecule has 9 nitrogen and oxygen atoms in total. The van der Waals surface area contributed by atoms with Gasteiger partial charge >= 0.3 is 17.9 Å². The van der Waals surface area contributed by atoms with Crippen molar-refractivity contribution in [3.8, 4) is 17.2 Å². The van der Waals surface area contributed by atoms with Gasteiger partial charge in [-0.1, -0.05) is 18.7 Å². The van der Waals surface area contributed by atoms with Crippen LogP contribution < -0.4 is 9.47 Å². The summed E-state index contributed by atoms with van der Waals surface area (Å²) in [6.45, 7) is 15.8. The number of carbonyl (C=O) groups excluding carboxylic acids is 3. The molecule has 0 saturated heterocycles. The van der Waals surface area contributed by atoms with Gasteiger partial charge in [-0.25, -0.2) is 14.4 Å². The molecule has 1 aliphatic rings. The molecule has 4 rings (SSSR count). The highest BCUT2D eigenvalue weighted by molar-refractivity contribution is 9.11. The maximum Gasteiger partial charge on any atom is 0.337 e. The molecule has 1 heterocycles. The van der Waals surface area contributed by atoms with E-state index in [1.165, 1.54) is 27.4 Å². The average molecular weight is 855 g/mol. The third-order valence-electron chi connectivity index (χ3n) is 6.42. The van der Waals surface area contributed by atoms with Gasteiger partial charge in [-0.2, -0.15) is 0 Å². The summed E-state index contributed by atoms with van der Waals surface area (Å²) in [6.07, 6.45) is 1.32. The molecule has 258 valence electrons. The maximum absolute atomic E-state index is 11.4. The highest BCUT2D eigenvalue weighted by atomic mass is 79.9. The van der Waals surface area contributed by atoms with Crippen LogP contribution in [0.1, 0.15) is 69.9 Å². The van der Waals surface area contributed by atoms with E-state index in [0.29, 0.717) is 45.5 Å². The Kier molecular flexibility index (Phi) is 15.4. The van der Waals surface area contributed by atoms with Crippen molar-refractivity contribution in [3.05, 3.63) is 108 Å². The van der Waals surface area contributed by atoms with Gasteiger partial charge in [0.2, 0.25) is 0 Å². The third-order valence-corrected chi connectivity index (χ3v) is 8.23. The molecule has 12 heteroatoms. The summed E-state index contributed by atoms with van der Waals surface area (Å²) < 4.78 is 27.2. The molecule has 0 spiro atoms. The molecule has 0 radical (unpaired) electrons. The molecule has 0 atom stereocenters. The molecule has 0 unspecified atom stereocenters. The van der Waals surface area contributed by atoms with Crippen molar-refractivity contribution in [2.45, 2.75) is 46.1 Å². The minimum Gasteiger partial charge on any atom is -0.506 e. The molecule has 0 bridgehead atoms. The van der Waals surface area contributed by atoms with Gasteiger partial charge in [-0.05, 0) is 136 Å². The Balaban J connectivity index is 0.000000250.